The van der Waals surface area contributed by atoms with Gasteiger partial charge in [-0.3, -0.25) is 4.79 Å². The number of nitrogens with one attached hydrogen (secondary N) is 1. The molecule has 0 aliphatic carbocycles. The third kappa shape index (κ3) is 5.15. The van der Waals surface area contributed by atoms with Crippen molar-refractivity contribution in [2.45, 2.75) is 6.42 Å². The highest BCUT2D eigenvalue weighted by Crippen LogP contribution is 2.27. The number of fused-ring (bicyclic) bond motifs is 1. The molecular formula is C24H16Br2N2O4. The number of hydrogen-bond acceptors (Lipinski definition) is 5. The van der Waals surface area contributed by atoms with E-state index in [0.29, 0.717) is 5.56 Å². The summed E-state index contributed by atoms with van der Waals surface area (Å²) in [6.45, 7) is 0. The summed E-state index contributed by atoms with van der Waals surface area (Å²) < 4.78 is 12.2. The van der Waals surface area contributed by atoms with E-state index >= 15 is 0 Å². The van der Waals surface area contributed by atoms with Crippen LogP contribution in [-0.2, 0) is 11.2 Å². The molecule has 160 valence electrons. The standard InChI is InChI=1S/C24H16Br2N2O4/c25-17-8-10-21(32-24(30)22-6-3-11-31-22)16(12-17)14-27-28-23(29)13-15-7-9-20(26)19-5-2-1-4-18(15)19/h1-12,14H,13H2,(H,28,29)/b27-14+. The van der Waals surface area contributed by atoms with Crippen LogP contribution in [0.15, 0.2) is 91.5 Å². The van der Waals surface area contributed by atoms with Crippen LogP contribution in [0, 0.1) is 0 Å². The first kappa shape index (κ1) is 22.0. The fourth-order valence-corrected chi connectivity index (χ4v) is 3.98. The second kappa shape index (κ2) is 9.93. The molecular weight excluding hydrogens is 540 g/mol. The fourth-order valence-electron chi connectivity index (χ4n) is 3.12. The number of nitrogens with zero attached hydrogens (tertiary/aromatic N) is 1. The minimum atomic E-state index is -0.627. The van der Waals surface area contributed by atoms with Gasteiger partial charge in [-0.1, -0.05) is 62.2 Å². The van der Waals surface area contributed by atoms with E-state index in [1.807, 2.05) is 36.4 Å². The van der Waals surface area contributed by atoms with Crippen LogP contribution in [0.3, 0.4) is 0 Å². The molecule has 0 aliphatic rings. The van der Waals surface area contributed by atoms with E-state index in [-0.39, 0.29) is 23.8 Å². The Kier molecular flexibility index (Phi) is 6.82. The maximum atomic E-state index is 12.5. The summed E-state index contributed by atoms with van der Waals surface area (Å²) in [5, 5.41) is 6.08. The van der Waals surface area contributed by atoms with E-state index < -0.39 is 5.97 Å². The third-order valence-corrected chi connectivity index (χ3v) is 5.79. The van der Waals surface area contributed by atoms with Gasteiger partial charge in [0.15, 0.2) is 0 Å². The van der Waals surface area contributed by atoms with Crippen LogP contribution < -0.4 is 10.2 Å². The third-order valence-electron chi connectivity index (χ3n) is 4.60. The summed E-state index contributed by atoms with van der Waals surface area (Å²) in [5.74, 6) is -0.520. The number of esters is 1. The van der Waals surface area contributed by atoms with Gasteiger partial charge in [-0.15, -0.1) is 0 Å². The highest BCUT2D eigenvalue weighted by atomic mass is 79.9. The first-order valence-electron chi connectivity index (χ1n) is 9.54. The molecule has 8 heteroatoms. The number of hydrogen-bond donors (Lipinski definition) is 1. The van der Waals surface area contributed by atoms with Gasteiger partial charge in [-0.2, -0.15) is 5.10 Å². The predicted octanol–water partition coefficient (Wildman–Crippen LogP) is 5.87. The van der Waals surface area contributed by atoms with Crippen molar-refractivity contribution >= 4 is 60.7 Å². The minimum Gasteiger partial charge on any atom is -0.457 e. The quantitative estimate of drug-likeness (QED) is 0.140. The molecule has 0 spiro atoms. The van der Waals surface area contributed by atoms with Gasteiger partial charge in [-0.25, -0.2) is 10.2 Å². The second-order valence-electron chi connectivity index (χ2n) is 6.77. The lowest BCUT2D eigenvalue weighted by Crippen LogP contribution is -2.20. The maximum absolute atomic E-state index is 12.5. The fraction of sp³-hybridized carbons (Fsp3) is 0.0417. The Balaban J connectivity index is 1.46. The number of ether oxygens (including phenoxy) is 1. The lowest BCUT2D eigenvalue weighted by molar-refractivity contribution is -0.120. The van der Waals surface area contributed by atoms with E-state index in [1.54, 1.807) is 24.3 Å². The number of carbonyl (C=O) groups is 2. The lowest BCUT2D eigenvalue weighted by atomic mass is 10.0. The number of rotatable bonds is 6. The summed E-state index contributed by atoms with van der Waals surface area (Å²) in [5.41, 5.74) is 3.93. The molecule has 0 fully saturated rings. The average Bonchev–Trinajstić information content (AvgIpc) is 3.33. The van der Waals surface area contributed by atoms with Crippen molar-refractivity contribution < 1.29 is 18.7 Å². The SMILES string of the molecule is O=C(Cc1ccc(Br)c2ccccc12)N/N=C/c1cc(Br)ccc1OC(=O)c1ccco1. The van der Waals surface area contributed by atoms with Crippen LogP contribution in [0.2, 0.25) is 0 Å². The van der Waals surface area contributed by atoms with Crippen molar-refractivity contribution in [3.05, 3.63) is 98.8 Å². The predicted molar refractivity (Wildman–Crippen MR) is 129 cm³/mol. The normalized spacial score (nSPS) is 11.1. The van der Waals surface area contributed by atoms with Crippen molar-refractivity contribution in [1.29, 1.82) is 0 Å². The van der Waals surface area contributed by atoms with Crippen molar-refractivity contribution in [2.24, 2.45) is 5.10 Å². The molecule has 0 atom stereocenters. The second-order valence-corrected chi connectivity index (χ2v) is 8.54. The molecule has 4 rings (SSSR count). The van der Waals surface area contributed by atoms with Gasteiger partial charge in [0.2, 0.25) is 11.7 Å². The molecule has 1 N–H and O–H groups in total. The number of furan rings is 1. The van der Waals surface area contributed by atoms with Crippen LogP contribution in [-0.4, -0.2) is 18.1 Å². The summed E-state index contributed by atoms with van der Waals surface area (Å²) in [6.07, 6.45) is 2.99. The van der Waals surface area contributed by atoms with E-state index in [0.717, 1.165) is 25.3 Å². The molecule has 0 bridgehead atoms. The van der Waals surface area contributed by atoms with Gasteiger partial charge in [0.05, 0.1) is 18.9 Å². The molecule has 0 aliphatic heterocycles. The van der Waals surface area contributed by atoms with E-state index in [9.17, 15) is 9.59 Å². The molecule has 1 heterocycles. The monoisotopic (exact) mass is 554 g/mol. The Morgan fingerprint density at radius 1 is 1.00 bits per heavy atom. The summed E-state index contributed by atoms with van der Waals surface area (Å²) >= 11 is 6.92. The number of benzene rings is 3. The van der Waals surface area contributed by atoms with Gasteiger partial charge in [0.1, 0.15) is 5.75 Å². The summed E-state index contributed by atoms with van der Waals surface area (Å²) in [7, 11) is 0. The van der Waals surface area contributed by atoms with Gasteiger partial charge in [0, 0.05) is 14.5 Å². The van der Waals surface area contributed by atoms with Gasteiger partial charge in [-0.05, 0) is 52.7 Å². The highest BCUT2D eigenvalue weighted by Gasteiger charge is 2.14. The average molecular weight is 556 g/mol. The Bertz CT molecular complexity index is 1320. The van der Waals surface area contributed by atoms with Crippen molar-refractivity contribution in [3.8, 4) is 5.75 Å². The first-order chi connectivity index (χ1) is 15.5. The minimum absolute atomic E-state index is 0.0887. The van der Waals surface area contributed by atoms with E-state index in [1.165, 1.54) is 18.5 Å². The molecule has 1 aromatic heterocycles. The van der Waals surface area contributed by atoms with Crippen molar-refractivity contribution in [3.63, 3.8) is 0 Å². The maximum Gasteiger partial charge on any atom is 0.379 e. The van der Waals surface area contributed by atoms with E-state index in [4.69, 9.17) is 9.15 Å². The zero-order valence-electron chi connectivity index (χ0n) is 16.5. The van der Waals surface area contributed by atoms with Crippen LogP contribution in [0.1, 0.15) is 21.7 Å². The molecule has 0 unspecified atom stereocenters. The Morgan fingerprint density at radius 3 is 2.59 bits per heavy atom. The number of amides is 1. The molecule has 3 aromatic carbocycles. The zero-order chi connectivity index (χ0) is 22.5. The first-order valence-corrected chi connectivity index (χ1v) is 11.1. The molecule has 32 heavy (non-hydrogen) atoms. The topological polar surface area (TPSA) is 80.9 Å². The van der Waals surface area contributed by atoms with Crippen LogP contribution in [0.25, 0.3) is 10.8 Å². The molecule has 1 amide bonds. The van der Waals surface area contributed by atoms with Crippen LogP contribution in [0.5, 0.6) is 5.75 Å². The summed E-state index contributed by atoms with van der Waals surface area (Å²) in [4.78, 5) is 24.7. The molecule has 0 radical (unpaired) electrons. The van der Waals surface area contributed by atoms with Crippen LogP contribution >= 0.6 is 31.9 Å². The lowest BCUT2D eigenvalue weighted by Gasteiger charge is -2.08. The van der Waals surface area contributed by atoms with Crippen molar-refractivity contribution in [2.75, 3.05) is 0 Å². The molecule has 0 saturated heterocycles. The van der Waals surface area contributed by atoms with Gasteiger partial charge >= 0.3 is 5.97 Å². The van der Waals surface area contributed by atoms with Crippen LogP contribution in [0.4, 0.5) is 0 Å². The zero-order valence-corrected chi connectivity index (χ0v) is 19.7. The molecule has 6 nitrogen and oxygen atoms in total. The number of hydrazone groups is 1. The Hall–Kier alpha value is -3.23. The number of carbonyl (C=O) groups excluding carboxylic acids is 2. The Morgan fingerprint density at radius 2 is 1.81 bits per heavy atom. The van der Waals surface area contributed by atoms with Gasteiger partial charge in [0.25, 0.3) is 0 Å². The highest BCUT2D eigenvalue weighted by molar-refractivity contribution is 9.11. The number of halogens is 2. The largest absolute Gasteiger partial charge is 0.457 e. The van der Waals surface area contributed by atoms with Crippen molar-refractivity contribution in [1.82, 2.24) is 5.43 Å². The van der Waals surface area contributed by atoms with E-state index in [2.05, 4.69) is 42.4 Å². The molecule has 4 aromatic rings. The van der Waals surface area contributed by atoms with Gasteiger partial charge < -0.3 is 9.15 Å². The molecule has 0 saturated carbocycles. The Labute approximate surface area is 200 Å². The summed E-state index contributed by atoms with van der Waals surface area (Å²) in [6, 6.07) is 19.9. The smallest absolute Gasteiger partial charge is 0.379 e.